The minimum atomic E-state index is -1.04. The van der Waals surface area contributed by atoms with E-state index in [2.05, 4.69) is 39.6 Å². The number of rotatable bonds is 4. The van der Waals surface area contributed by atoms with Gasteiger partial charge in [0.05, 0.1) is 18.4 Å². The second kappa shape index (κ2) is 9.04. The Morgan fingerprint density at radius 3 is 2.96 bits per heavy atom. The number of hydrogen-bond acceptors (Lipinski definition) is 7. The smallest absolute Gasteiger partial charge is 0.124 e. The van der Waals surface area contributed by atoms with Gasteiger partial charge in [-0.1, -0.05) is 11.6 Å². The van der Waals surface area contributed by atoms with Crippen LogP contribution in [0.3, 0.4) is 0 Å². The second-order valence-electron chi connectivity index (χ2n) is 8.90. The molecule has 1 aliphatic carbocycles. The number of hydrogen-bond donors (Lipinski definition) is 6. The van der Waals surface area contributed by atoms with Crippen LogP contribution >= 0.6 is 0 Å². The first-order valence-corrected chi connectivity index (χ1v) is 10.8. The Kier molecular flexibility index (Phi) is 6.67. The molecule has 3 heterocycles. The van der Waals surface area contributed by atoms with Gasteiger partial charge in [0.1, 0.15) is 12.5 Å². The van der Waals surface area contributed by atoms with E-state index in [1.165, 1.54) is 0 Å². The van der Waals surface area contributed by atoms with Crippen LogP contribution in [0.4, 0.5) is 4.39 Å². The van der Waals surface area contributed by atoms with E-state index in [9.17, 15) is 5.11 Å². The SMILES string of the molecule is CNC1CC(C)NC(NC2CC3CCOC3C(C3=CCNC[C@H](O)C3)C2F)N1. The number of aliphatic hydroxyl groups excluding tert-OH is 1. The fraction of sp³-hybridized carbons (Fsp3) is 0.900. The number of alkyl halides is 1. The van der Waals surface area contributed by atoms with Gasteiger partial charge in [-0.15, -0.1) is 0 Å². The molecule has 9 atom stereocenters. The number of aliphatic hydroxyl groups is 1. The lowest BCUT2D eigenvalue weighted by Crippen LogP contribution is -2.69. The van der Waals surface area contributed by atoms with Crippen LogP contribution in [-0.2, 0) is 4.74 Å². The van der Waals surface area contributed by atoms with Crippen LogP contribution in [0, 0.1) is 11.8 Å². The highest BCUT2D eigenvalue weighted by Gasteiger charge is 2.50. The fourth-order valence-electron chi connectivity index (χ4n) is 5.46. The minimum absolute atomic E-state index is 0.0687. The van der Waals surface area contributed by atoms with Gasteiger partial charge >= 0.3 is 0 Å². The third-order valence-corrected chi connectivity index (χ3v) is 6.83. The van der Waals surface area contributed by atoms with Crippen molar-refractivity contribution in [3.63, 3.8) is 0 Å². The Labute approximate surface area is 167 Å². The molecule has 7 nitrogen and oxygen atoms in total. The van der Waals surface area contributed by atoms with Crippen molar-refractivity contribution in [2.75, 3.05) is 26.7 Å². The lowest BCUT2D eigenvalue weighted by Gasteiger charge is -2.45. The maximum atomic E-state index is 15.9. The Hall–Kier alpha value is -0.610. The Bertz CT molecular complexity index is 565. The predicted molar refractivity (Wildman–Crippen MR) is 106 cm³/mol. The summed E-state index contributed by atoms with van der Waals surface area (Å²) in [5.74, 6) is 0.0827. The monoisotopic (exact) mass is 397 g/mol. The Balaban J connectivity index is 1.50. The second-order valence-corrected chi connectivity index (χ2v) is 8.90. The fourth-order valence-corrected chi connectivity index (χ4v) is 5.46. The number of fused-ring (bicyclic) bond motifs is 1. The van der Waals surface area contributed by atoms with Crippen LogP contribution in [0.1, 0.15) is 32.6 Å². The standard InChI is InChI=1S/C20H36FN5O2/c1-11-7-16(22-2)26-20(24-11)25-15-9-13-4-6-28-19(13)17(18(15)21)12-3-5-23-10-14(27)8-12/h3,11,13-20,22-27H,4-10H2,1-2H3/t11?,13?,14-,15?,16?,17?,18?,19?,20?/m1/s1. The summed E-state index contributed by atoms with van der Waals surface area (Å²) in [4.78, 5) is 0. The van der Waals surface area contributed by atoms with Gasteiger partial charge in [-0.2, -0.15) is 0 Å². The number of nitrogens with one attached hydrogen (secondary N) is 5. The average molecular weight is 398 g/mol. The topological polar surface area (TPSA) is 89.6 Å². The van der Waals surface area contributed by atoms with E-state index in [4.69, 9.17) is 4.74 Å². The molecule has 0 spiro atoms. The molecule has 160 valence electrons. The molecule has 0 bridgehead atoms. The molecule has 0 aromatic heterocycles. The van der Waals surface area contributed by atoms with Crippen molar-refractivity contribution in [2.24, 2.45) is 11.8 Å². The number of ether oxygens (including phenoxy) is 1. The molecule has 3 aliphatic heterocycles. The van der Waals surface area contributed by atoms with Crippen LogP contribution in [0.25, 0.3) is 0 Å². The Morgan fingerprint density at radius 1 is 1.29 bits per heavy atom. The average Bonchev–Trinajstić information content (AvgIpc) is 3.01. The zero-order valence-corrected chi connectivity index (χ0v) is 17.0. The molecule has 0 aromatic rings. The molecule has 4 aliphatic rings. The summed E-state index contributed by atoms with van der Waals surface area (Å²) in [6, 6.07) is 0.108. The molecule has 0 aromatic carbocycles. The van der Waals surface area contributed by atoms with Gasteiger partial charge < -0.3 is 20.5 Å². The van der Waals surface area contributed by atoms with E-state index in [0.717, 1.165) is 24.8 Å². The quantitative estimate of drug-likeness (QED) is 0.366. The molecule has 6 N–H and O–H groups in total. The maximum absolute atomic E-state index is 15.9. The van der Waals surface area contributed by atoms with Crippen molar-refractivity contribution in [1.29, 1.82) is 0 Å². The van der Waals surface area contributed by atoms with Crippen molar-refractivity contribution in [3.05, 3.63) is 11.6 Å². The van der Waals surface area contributed by atoms with E-state index in [-0.39, 0.29) is 30.5 Å². The summed E-state index contributed by atoms with van der Waals surface area (Å²) in [7, 11) is 1.94. The summed E-state index contributed by atoms with van der Waals surface area (Å²) < 4.78 is 21.9. The molecule has 8 heteroatoms. The van der Waals surface area contributed by atoms with E-state index in [0.29, 0.717) is 38.1 Å². The molecular formula is C20H36FN5O2. The molecule has 3 fully saturated rings. The van der Waals surface area contributed by atoms with Crippen LogP contribution in [0.5, 0.6) is 0 Å². The first kappa shape index (κ1) is 20.7. The van der Waals surface area contributed by atoms with Gasteiger partial charge in [0, 0.05) is 37.7 Å². The van der Waals surface area contributed by atoms with E-state index in [1.54, 1.807) is 0 Å². The lowest BCUT2D eigenvalue weighted by molar-refractivity contribution is -0.0277. The van der Waals surface area contributed by atoms with Crippen molar-refractivity contribution in [3.8, 4) is 0 Å². The van der Waals surface area contributed by atoms with Gasteiger partial charge in [-0.25, -0.2) is 4.39 Å². The van der Waals surface area contributed by atoms with Gasteiger partial charge in [0.25, 0.3) is 0 Å². The first-order valence-electron chi connectivity index (χ1n) is 10.8. The van der Waals surface area contributed by atoms with Crippen LogP contribution in [0.2, 0.25) is 0 Å². The summed E-state index contributed by atoms with van der Waals surface area (Å²) >= 11 is 0. The largest absolute Gasteiger partial charge is 0.391 e. The highest BCUT2D eigenvalue weighted by atomic mass is 19.1. The van der Waals surface area contributed by atoms with Crippen LogP contribution < -0.4 is 26.6 Å². The van der Waals surface area contributed by atoms with Gasteiger partial charge in [0.15, 0.2) is 0 Å². The van der Waals surface area contributed by atoms with Gasteiger partial charge in [-0.05, 0) is 45.6 Å². The molecule has 4 rings (SSSR count). The molecule has 1 saturated carbocycles. The third-order valence-electron chi connectivity index (χ3n) is 6.83. The van der Waals surface area contributed by atoms with E-state index in [1.807, 2.05) is 7.05 Å². The third kappa shape index (κ3) is 4.43. The van der Waals surface area contributed by atoms with Gasteiger partial charge in [-0.3, -0.25) is 16.0 Å². The molecule has 0 radical (unpaired) electrons. The predicted octanol–water partition coefficient (Wildman–Crippen LogP) is -0.211. The maximum Gasteiger partial charge on any atom is 0.124 e. The molecule has 8 unspecified atom stereocenters. The van der Waals surface area contributed by atoms with Crippen molar-refractivity contribution >= 4 is 0 Å². The molecule has 28 heavy (non-hydrogen) atoms. The zero-order chi connectivity index (χ0) is 19.7. The number of halogens is 1. The van der Waals surface area contributed by atoms with Crippen molar-refractivity contribution in [2.45, 2.75) is 75.5 Å². The lowest BCUT2D eigenvalue weighted by atomic mass is 9.70. The highest BCUT2D eigenvalue weighted by Crippen LogP contribution is 2.44. The summed E-state index contributed by atoms with van der Waals surface area (Å²) in [6.45, 7) is 4.10. The van der Waals surface area contributed by atoms with Crippen molar-refractivity contribution < 1.29 is 14.2 Å². The van der Waals surface area contributed by atoms with E-state index < -0.39 is 12.3 Å². The molecule has 0 amide bonds. The summed E-state index contributed by atoms with van der Waals surface area (Å²) in [5.41, 5.74) is 1.01. The van der Waals surface area contributed by atoms with Crippen LogP contribution in [0.15, 0.2) is 11.6 Å². The van der Waals surface area contributed by atoms with E-state index >= 15 is 4.39 Å². The minimum Gasteiger partial charge on any atom is -0.391 e. The summed E-state index contributed by atoms with van der Waals surface area (Å²) in [5, 5.41) is 27.2. The van der Waals surface area contributed by atoms with Crippen molar-refractivity contribution in [1.82, 2.24) is 26.6 Å². The normalized spacial score (nSPS) is 47.3. The first-order chi connectivity index (χ1) is 13.5. The zero-order valence-electron chi connectivity index (χ0n) is 17.0. The Morgan fingerprint density at radius 2 is 2.14 bits per heavy atom. The summed E-state index contributed by atoms with van der Waals surface area (Å²) in [6.07, 6.45) is 3.87. The van der Waals surface area contributed by atoms with Crippen LogP contribution in [-0.4, -0.2) is 74.8 Å². The number of β-amino-alcohol motifs (C(OH)–C–C–N with tert-alkyl or cyclic N) is 1. The highest BCUT2D eigenvalue weighted by molar-refractivity contribution is 5.19. The molecular weight excluding hydrogens is 361 g/mol. The van der Waals surface area contributed by atoms with Gasteiger partial charge in [0.2, 0.25) is 0 Å². The molecule has 2 saturated heterocycles.